The van der Waals surface area contributed by atoms with Gasteiger partial charge in [-0.15, -0.1) is 0 Å². The van der Waals surface area contributed by atoms with Crippen LogP contribution in [0.25, 0.3) is 0 Å². The van der Waals surface area contributed by atoms with E-state index in [1.54, 1.807) is 0 Å². The Bertz CT molecular complexity index is 196. The van der Waals surface area contributed by atoms with Crippen LogP contribution in [-0.2, 0) is 14.3 Å². The molecule has 0 bridgehead atoms. The minimum Gasteiger partial charge on any atom is -0.545 e. The van der Waals surface area contributed by atoms with Gasteiger partial charge in [-0.1, -0.05) is 26.5 Å². The van der Waals surface area contributed by atoms with Crippen LogP contribution in [0.1, 0.15) is 19.8 Å². The van der Waals surface area contributed by atoms with Gasteiger partial charge < -0.3 is 14.6 Å². The van der Waals surface area contributed by atoms with E-state index < -0.39 is 5.97 Å². The van der Waals surface area contributed by atoms with E-state index in [0.29, 0.717) is 6.61 Å². The fourth-order valence-electron chi connectivity index (χ4n) is 0.376. The molecule has 80 valence electrons. The Balaban J connectivity index is 0. The molecule has 0 radical (unpaired) electrons. The zero-order chi connectivity index (χ0) is 11.4. The molecule has 0 atom stereocenters. The lowest BCUT2D eigenvalue weighted by Crippen LogP contribution is -2.17. The van der Waals surface area contributed by atoms with Crippen LogP contribution in [0, 0.1) is 0 Å². The molecule has 0 saturated heterocycles. The maximum absolute atomic E-state index is 10.3. The minimum atomic E-state index is -1.23. The number of rotatable bonds is 5. The van der Waals surface area contributed by atoms with Gasteiger partial charge in [-0.3, -0.25) is 0 Å². The summed E-state index contributed by atoms with van der Waals surface area (Å²) in [6.45, 7) is 8.72. The molecule has 4 nitrogen and oxygen atoms in total. The quantitative estimate of drug-likeness (QED) is 0.366. The first-order valence-corrected chi connectivity index (χ1v) is 4.21. The Morgan fingerprint density at radius 2 is 1.86 bits per heavy atom. The first kappa shape index (κ1) is 14.9. The van der Waals surface area contributed by atoms with E-state index in [0.717, 1.165) is 18.9 Å². The lowest BCUT2D eigenvalue weighted by atomic mass is 10.4. The van der Waals surface area contributed by atoms with Crippen LogP contribution in [0.5, 0.6) is 0 Å². The largest absolute Gasteiger partial charge is 0.545 e. The summed E-state index contributed by atoms with van der Waals surface area (Å²) in [5.41, 5.74) is 0. The maximum Gasteiger partial charge on any atom is 0.330 e. The predicted molar refractivity (Wildman–Crippen MR) is 51.3 cm³/mol. The highest BCUT2D eigenvalue weighted by atomic mass is 16.5. The second-order valence-electron chi connectivity index (χ2n) is 2.25. The van der Waals surface area contributed by atoms with Gasteiger partial charge in [-0.05, 0) is 12.5 Å². The van der Waals surface area contributed by atoms with E-state index in [2.05, 4.69) is 17.9 Å². The topological polar surface area (TPSA) is 66.4 Å². The average molecular weight is 199 g/mol. The summed E-state index contributed by atoms with van der Waals surface area (Å²) in [4.78, 5) is 19.5. The van der Waals surface area contributed by atoms with Crippen molar-refractivity contribution in [3.8, 4) is 0 Å². The molecule has 0 N–H and O–H groups in total. The van der Waals surface area contributed by atoms with Gasteiger partial charge in [0.1, 0.15) is 0 Å². The van der Waals surface area contributed by atoms with Crippen LogP contribution >= 0.6 is 0 Å². The third-order valence-electron chi connectivity index (χ3n) is 1.08. The van der Waals surface area contributed by atoms with Crippen LogP contribution < -0.4 is 5.11 Å². The number of carboxylic acid groups (broad SMARTS) is 1. The highest BCUT2D eigenvalue weighted by molar-refractivity contribution is 5.81. The molecule has 0 rings (SSSR count). The van der Waals surface area contributed by atoms with Crippen LogP contribution in [0.4, 0.5) is 0 Å². The Labute approximate surface area is 83.9 Å². The zero-order valence-corrected chi connectivity index (χ0v) is 8.32. The summed E-state index contributed by atoms with van der Waals surface area (Å²) in [7, 11) is 0. The second-order valence-corrected chi connectivity index (χ2v) is 2.25. The number of unbranched alkanes of at least 4 members (excludes halogenated alkanes) is 1. The van der Waals surface area contributed by atoms with Gasteiger partial charge in [-0.25, -0.2) is 4.79 Å². The Hall–Kier alpha value is -1.58. The van der Waals surface area contributed by atoms with E-state index >= 15 is 0 Å². The molecule has 0 unspecified atom stereocenters. The molecule has 0 aromatic carbocycles. The molecule has 0 aliphatic heterocycles. The van der Waals surface area contributed by atoms with Gasteiger partial charge in [-0.2, -0.15) is 0 Å². The van der Waals surface area contributed by atoms with Crippen molar-refractivity contribution in [1.29, 1.82) is 0 Å². The van der Waals surface area contributed by atoms with Crippen molar-refractivity contribution in [2.75, 3.05) is 6.61 Å². The number of carboxylic acids is 1. The molecule has 0 heterocycles. The van der Waals surface area contributed by atoms with Gasteiger partial charge in [0, 0.05) is 6.08 Å². The fourth-order valence-corrected chi connectivity index (χ4v) is 0.376. The maximum atomic E-state index is 10.3. The van der Waals surface area contributed by atoms with Crippen molar-refractivity contribution in [2.24, 2.45) is 0 Å². The number of ether oxygens (including phenoxy) is 1. The highest BCUT2D eigenvalue weighted by Gasteiger charge is 1.91. The van der Waals surface area contributed by atoms with Crippen molar-refractivity contribution in [3.63, 3.8) is 0 Å². The summed E-state index contributed by atoms with van der Waals surface area (Å²) in [6, 6.07) is 0. The molecular formula is C10H15O4-. The second kappa shape index (κ2) is 11.4. The van der Waals surface area contributed by atoms with Gasteiger partial charge in [0.15, 0.2) is 0 Å². The smallest absolute Gasteiger partial charge is 0.330 e. The molecule has 4 heteroatoms. The van der Waals surface area contributed by atoms with Gasteiger partial charge in [0.25, 0.3) is 0 Å². The molecule has 0 aromatic rings. The highest BCUT2D eigenvalue weighted by Crippen LogP contribution is 1.88. The van der Waals surface area contributed by atoms with E-state index in [4.69, 9.17) is 9.90 Å². The molecule has 0 aliphatic carbocycles. The van der Waals surface area contributed by atoms with E-state index in [1.165, 1.54) is 6.08 Å². The fraction of sp³-hybridized carbons (Fsp3) is 0.400. The van der Waals surface area contributed by atoms with Crippen molar-refractivity contribution in [2.45, 2.75) is 19.8 Å². The Kier molecular flexibility index (Phi) is 12.2. The van der Waals surface area contributed by atoms with Crippen LogP contribution in [0.15, 0.2) is 25.3 Å². The van der Waals surface area contributed by atoms with Gasteiger partial charge >= 0.3 is 5.97 Å². The van der Waals surface area contributed by atoms with Gasteiger partial charge in [0.05, 0.1) is 12.6 Å². The van der Waals surface area contributed by atoms with Crippen molar-refractivity contribution < 1.29 is 19.4 Å². The first-order valence-electron chi connectivity index (χ1n) is 4.21. The Morgan fingerprint density at radius 3 is 2.14 bits per heavy atom. The first-order chi connectivity index (χ1) is 6.58. The molecule has 0 saturated carbocycles. The molecule has 0 fully saturated rings. The number of aliphatic carboxylic acids is 1. The van der Waals surface area contributed by atoms with Gasteiger partial charge in [0.2, 0.25) is 0 Å². The average Bonchev–Trinajstić information content (AvgIpc) is 2.19. The number of carbonyl (C=O) groups excluding carboxylic acids is 2. The van der Waals surface area contributed by atoms with E-state index in [-0.39, 0.29) is 5.97 Å². The minimum absolute atomic E-state index is 0.330. The van der Waals surface area contributed by atoms with E-state index in [9.17, 15) is 4.79 Å². The number of carbonyl (C=O) groups is 2. The lowest BCUT2D eigenvalue weighted by molar-refractivity contribution is -0.297. The number of esters is 1. The summed E-state index contributed by atoms with van der Waals surface area (Å²) in [5.74, 6) is -1.56. The number of hydrogen-bond acceptors (Lipinski definition) is 4. The zero-order valence-electron chi connectivity index (χ0n) is 8.32. The predicted octanol–water partition coefficient (Wildman–Crippen LogP) is 0.438. The van der Waals surface area contributed by atoms with Crippen LogP contribution in [0.2, 0.25) is 0 Å². The van der Waals surface area contributed by atoms with Crippen LogP contribution in [0.3, 0.4) is 0 Å². The monoisotopic (exact) mass is 199 g/mol. The summed E-state index contributed by atoms with van der Waals surface area (Å²) in [5, 5.41) is 9.14. The molecular weight excluding hydrogens is 184 g/mol. The van der Waals surface area contributed by atoms with E-state index in [1.807, 2.05) is 6.92 Å². The lowest BCUT2D eigenvalue weighted by Gasteiger charge is -1.97. The normalized spacial score (nSPS) is 7.79. The standard InChI is InChI=1S/C7H12O2.C3H4O2/c1-3-5-6-9-7(8)4-2;1-2-3(4)5/h4H,2-3,5-6H2,1H3;2H,1H2,(H,4,5)/p-1. The SMILES string of the molecule is C=CC(=O)OCCCC.C=CC(=O)[O-]. The molecule has 14 heavy (non-hydrogen) atoms. The molecule has 0 aromatic heterocycles. The van der Waals surface area contributed by atoms with Crippen molar-refractivity contribution in [1.82, 2.24) is 0 Å². The molecule has 0 spiro atoms. The Morgan fingerprint density at radius 1 is 1.36 bits per heavy atom. The molecule has 0 amide bonds. The molecule has 0 aliphatic rings. The van der Waals surface area contributed by atoms with Crippen molar-refractivity contribution in [3.05, 3.63) is 25.3 Å². The third kappa shape index (κ3) is 16.8. The summed E-state index contributed by atoms with van der Waals surface area (Å²) < 4.78 is 4.67. The third-order valence-corrected chi connectivity index (χ3v) is 1.08. The van der Waals surface area contributed by atoms with Crippen molar-refractivity contribution >= 4 is 11.9 Å². The van der Waals surface area contributed by atoms with Crippen LogP contribution in [-0.4, -0.2) is 18.5 Å². The summed E-state index contributed by atoms with van der Waals surface area (Å²) in [6.07, 6.45) is 3.87. The number of hydrogen-bond donors (Lipinski definition) is 0. The summed E-state index contributed by atoms with van der Waals surface area (Å²) >= 11 is 0.